The van der Waals surface area contributed by atoms with Gasteiger partial charge in [-0.15, -0.1) is 11.3 Å². The number of hydrogen-bond acceptors (Lipinski definition) is 7. The molecule has 7 heteroatoms. The minimum atomic E-state index is -0.461. The van der Waals surface area contributed by atoms with Crippen molar-refractivity contribution < 1.29 is 9.15 Å². The largest absolute Gasteiger partial charge is 0.493 e. The first-order valence-electron chi connectivity index (χ1n) is 8.15. The molecular weight excluding hydrogens is 362 g/mol. The topological polar surface area (TPSA) is 76.7 Å². The summed E-state index contributed by atoms with van der Waals surface area (Å²) < 4.78 is 10.7. The molecule has 0 unspecified atom stereocenters. The van der Waals surface area contributed by atoms with Crippen molar-refractivity contribution in [3.8, 4) is 17.0 Å². The first kappa shape index (κ1) is 17.0. The lowest BCUT2D eigenvalue weighted by molar-refractivity contribution is 0.407. The van der Waals surface area contributed by atoms with Crippen LogP contribution in [-0.4, -0.2) is 18.3 Å². The average Bonchev–Trinajstić information content (AvgIpc) is 3.16. The standard InChI is InChI=1S/C20H15N3O3S/c1-25-17-9-5-8-14-10-15(19(24)26-18(14)17)16-12-27-20(22-16)23-21-11-13-6-3-2-4-7-13/h2-12H,1H3,(H,22,23)/b21-11+. The second-order valence-electron chi connectivity index (χ2n) is 5.64. The molecule has 0 aliphatic heterocycles. The zero-order valence-electron chi connectivity index (χ0n) is 14.4. The Hall–Kier alpha value is -3.45. The number of nitrogens with one attached hydrogen (secondary N) is 1. The summed E-state index contributed by atoms with van der Waals surface area (Å²) in [6.45, 7) is 0. The van der Waals surface area contributed by atoms with E-state index in [2.05, 4.69) is 15.5 Å². The molecule has 0 spiro atoms. The second kappa shape index (κ2) is 7.43. The molecule has 2 aromatic heterocycles. The van der Waals surface area contributed by atoms with Crippen molar-refractivity contribution in [2.45, 2.75) is 0 Å². The molecule has 134 valence electrons. The SMILES string of the molecule is COc1cccc2cc(-c3csc(N/N=C/c4ccccc4)n3)c(=O)oc12. The molecule has 0 aliphatic rings. The number of aromatic nitrogens is 1. The van der Waals surface area contributed by atoms with Gasteiger partial charge in [-0.1, -0.05) is 42.5 Å². The number of thiazole rings is 1. The van der Waals surface area contributed by atoms with E-state index in [9.17, 15) is 4.79 Å². The molecule has 0 atom stereocenters. The number of hydrazone groups is 1. The summed E-state index contributed by atoms with van der Waals surface area (Å²) in [5.74, 6) is 0.520. The predicted octanol–water partition coefficient (Wildman–Crippen LogP) is 4.37. The molecule has 0 saturated heterocycles. The Balaban J connectivity index is 1.60. The van der Waals surface area contributed by atoms with Gasteiger partial charge in [-0.05, 0) is 17.7 Å². The third-order valence-corrected chi connectivity index (χ3v) is 4.64. The van der Waals surface area contributed by atoms with Gasteiger partial charge in [0.1, 0.15) is 0 Å². The maximum absolute atomic E-state index is 12.4. The third-order valence-electron chi connectivity index (χ3n) is 3.90. The maximum atomic E-state index is 12.4. The van der Waals surface area contributed by atoms with Gasteiger partial charge in [0.15, 0.2) is 11.3 Å². The molecule has 4 rings (SSSR count). The monoisotopic (exact) mass is 377 g/mol. The van der Waals surface area contributed by atoms with E-state index in [0.717, 1.165) is 10.9 Å². The van der Waals surface area contributed by atoms with Crippen LogP contribution in [0, 0.1) is 0 Å². The molecule has 2 aromatic carbocycles. The van der Waals surface area contributed by atoms with Crippen LogP contribution in [0.1, 0.15) is 5.56 Å². The number of rotatable bonds is 5. The fourth-order valence-corrected chi connectivity index (χ4v) is 3.27. The highest BCUT2D eigenvalue weighted by atomic mass is 32.1. The van der Waals surface area contributed by atoms with Crippen LogP contribution in [0.5, 0.6) is 5.75 Å². The number of hydrogen-bond donors (Lipinski definition) is 1. The fraction of sp³-hybridized carbons (Fsp3) is 0.0500. The van der Waals surface area contributed by atoms with Crippen molar-refractivity contribution in [3.63, 3.8) is 0 Å². The molecule has 27 heavy (non-hydrogen) atoms. The van der Waals surface area contributed by atoms with Crippen LogP contribution in [0.3, 0.4) is 0 Å². The van der Waals surface area contributed by atoms with E-state index in [1.807, 2.05) is 42.5 Å². The summed E-state index contributed by atoms with van der Waals surface area (Å²) in [6.07, 6.45) is 1.71. The van der Waals surface area contributed by atoms with E-state index in [-0.39, 0.29) is 0 Å². The number of anilines is 1. The lowest BCUT2D eigenvalue weighted by atomic mass is 10.1. The summed E-state index contributed by atoms with van der Waals surface area (Å²) in [7, 11) is 1.54. The number of benzene rings is 2. The lowest BCUT2D eigenvalue weighted by Gasteiger charge is -2.04. The highest BCUT2D eigenvalue weighted by molar-refractivity contribution is 7.14. The molecule has 6 nitrogen and oxygen atoms in total. The quantitative estimate of drug-likeness (QED) is 0.317. The van der Waals surface area contributed by atoms with E-state index in [1.165, 1.54) is 18.4 Å². The Morgan fingerprint density at radius 3 is 2.85 bits per heavy atom. The molecule has 4 aromatic rings. The summed E-state index contributed by atoms with van der Waals surface area (Å²) in [5.41, 5.74) is 4.76. The molecule has 0 amide bonds. The van der Waals surface area contributed by atoms with Gasteiger partial charge in [-0.3, -0.25) is 5.43 Å². The Morgan fingerprint density at radius 1 is 1.19 bits per heavy atom. The summed E-state index contributed by atoms with van der Waals surface area (Å²) in [5, 5.41) is 7.32. The Labute approximate surface area is 158 Å². The van der Waals surface area contributed by atoms with Crippen LogP contribution in [0.15, 0.2) is 74.3 Å². The number of ether oxygens (including phenoxy) is 1. The van der Waals surface area contributed by atoms with Gasteiger partial charge < -0.3 is 9.15 Å². The Kier molecular flexibility index (Phi) is 4.67. The molecule has 0 aliphatic carbocycles. The van der Waals surface area contributed by atoms with Crippen LogP contribution in [0.2, 0.25) is 0 Å². The number of methoxy groups -OCH3 is 1. The summed E-state index contributed by atoms with van der Waals surface area (Å²) in [4.78, 5) is 16.8. The van der Waals surface area contributed by atoms with E-state index in [0.29, 0.717) is 27.7 Å². The number of para-hydroxylation sites is 1. The summed E-state index contributed by atoms with van der Waals surface area (Å²) >= 11 is 1.36. The Bertz CT molecular complexity index is 1170. The Morgan fingerprint density at radius 2 is 2.04 bits per heavy atom. The van der Waals surface area contributed by atoms with Crippen LogP contribution in [0.4, 0.5) is 5.13 Å². The van der Waals surface area contributed by atoms with Gasteiger partial charge in [0.25, 0.3) is 0 Å². The summed E-state index contributed by atoms with van der Waals surface area (Å²) in [6, 6.07) is 16.9. The van der Waals surface area contributed by atoms with Crippen LogP contribution in [-0.2, 0) is 0 Å². The van der Waals surface area contributed by atoms with Crippen molar-refractivity contribution >= 4 is 33.7 Å². The van der Waals surface area contributed by atoms with Gasteiger partial charge >= 0.3 is 5.63 Å². The van der Waals surface area contributed by atoms with Gasteiger partial charge in [-0.2, -0.15) is 5.10 Å². The van der Waals surface area contributed by atoms with Crippen molar-refractivity contribution in [3.05, 3.63) is 76.0 Å². The molecule has 0 fully saturated rings. The van der Waals surface area contributed by atoms with E-state index in [1.54, 1.807) is 23.7 Å². The first-order valence-corrected chi connectivity index (χ1v) is 9.03. The first-order chi connectivity index (χ1) is 13.2. The van der Waals surface area contributed by atoms with Crippen LogP contribution in [0.25, 0.3) is 22.2 Å². The van der Waals surface area contributed by atoms with E-state index < -0.39 is 5.63 Å². The van der Waals surface area contributed by atoms with Gasteiger partial charge in [0, 0.05) is 10.8 Å². The molecule has 0 saturated carbocycles. The van der Waals surface area contributed by atoms with Crippen LogP contribution < -0.4 is 15.8 Å². The van der Waals surface area contributed by atoms with Gasteiger partial charge in [0.05, 0.1) is 24.6 Å². The number of fused-ring (bicyclic) bond motifs is 1. The van der Waals surface area contributed by atoms with E-state index >= 15 is 0 Å². The highest BCUT2D eigenvalue weighted by Crippen LogP contribution is 2.29. The van der Waals surface area contributed by atoms with Crippen molar-refractivity contribution in [1.29, 1.82) is 0 Å². The van der Waals surface area contributed by atoms with Crippen LogP contribution >= 0.6 is 11.3 Å². The molecule has 0 radical (unpaired) electrons. The zero-order valence-corrected chi connectivity index (χ0v) is 15.2. The molecular formula is C20H15N3O3S. The van der Waals surface area contributed by atoms with Crippen molar-refractivity contribution in [2.75, 3.05) is 12.5 Å². The lowest BCUT2D eigenvalue weighted by Crippen LogP contribution is -2.03. The van der Waals surface area contributed by atoms with Crippen molar-refractivity contribution in [2.24, 2.45) is 5.10 Å². The second-order valence-corrected chi connectivity index (χ2v) is 6.50. The normalized spacial score (nSPS) is 11.1. The molecule has 0 bridgehead atoms. The zero-order chi connectivity index (χ0) is 18.6. The fourth-order valence-electron chi connectivity index (χ4n) is 2.61. The number of nitrogens with zero attached hydrogens (tertiary/aromatic N) is 2. The third kappa shape index (κ3) is 3.58. The van der Waals surface area contributed by atoms with Gasteiger partial charge in [0.2, 0.25) is 5.13 Å². The maximum Gasteiger partial charge on any atom is 0.345 e. The minimum Gasteiger partial charge on any atom is -0.493 e. The minimum absolute atomic E-state index is 0.395. The predicted molar refractivity (Wildman–Crippen MR) is 108 cm³/mol. The smallest absolute Gasteiger partial charge is 0.345 e. The molecule has 2 heterocycles. The molecule has 1 N–H and O–H groups in total. The highest BCUT2D eigenvalue weighted by Gasteiger charge is 2.13. The van der Waals surface area contributed by atoms with E-state index in [4.69, 9.17) is 9.15 Å². The average molecular weight is 377 g/mol. The van der Waals surface area contributed by atoms with Gasteiger partial charge in [-0.25, -0.2) is 9.78 Å². The van der Waals surface area contributed by atoms with Crippen molar-refractivity contribution in [1.82, 2.24) is 4.98 Å².